The van der Waals surface area contributed by atoms with Crippen LogP contribution in [0.25, 0.3) is 0 Å². The van der Waals surface area contributed by atoms with E-state index in [-0.39, 0.29) is 5.92 Å². The largest absolute Gasteiger partial charge is 0.384 e. The summed E-state index contributed by atoms with van der Waals surface area (Å²) >= 11 is 0. The standard InChI is InChI=1S/C16H23N5O/c17-14-6-15(19-10-18-14)20-8-12-4-5-13(9-20)21(16(12)22)7-11-2-1-3-11/h6,10-13H,1-5,7-9H2,(H2,17,18,19)/t12-,13+/m0/s1. The molecule has 3 saturated heterocycles. The third-order valence-electron chi connectivity index (χ3n) is 5.47. The number of nitrogens with zero attached hydrogens (tertiary/aromatic N) is 4. The van der Waals surface area contributed by atoms with Crippen molar-refractivity contribution >= 4 is 17.5 Å². The highest BCUT2D eigenvalue weighted by Gasteiger charge is 2.42. The fraction of sp³-hybridized carbons (Fsp3) is 0.688. The van der Waals surface area contributed by atoms with Gasteiger partial charge in [-0.2, -0.15) is 0 Å². The molecule has 118 valence electrons. The summed E-state index contributed by atoms with van der Waals surface area (Å²) in [6, 6.07) is 2.13. The Bertz CT molecular complexity index is 573. The van der Waals surface area contributed by atoms with Gasteiger partial charge in [-0.3, -0.25) is 4.79 Å². The number of amides is 1. The van der Waals surface area contributed by atoms with Gasteiger partial charge in [0.2, 0.25) is 5.91 Å². The van der Waals surface area contributed by atoms with Crippen molar-refractivity contribution in [2.45, 2.75) is 38.1 Å². The minimum Gasteiger partial charge on any atom is -0.384 e. The minimum atomic E-state index is 0.106. The van der Waals surface area contributed by atoms with E-state index in [0.717, 1.165) is 44.2 Å². The average Bonchev–Trinajstić information content (AvgIpc) is 2.75. The van der Waals surface area contributed by atoms with E-state index >= 15 is 0 Å². The Morgan fingerprint density at radius 3 is 2.77 bits per heavy atom. The van der Waals surface area contributed by atoms with Gasteiger partial charge in [0.05, 0.1) is 5.92 Å². The maximum absolute atomic E-state index is 12.8. The van der Waals surface area contributed by atoms with Gasteiger partial charge in [-0.05, 0) is 31.6 Å². The van der Waals surface area contributed by atoms with Gasteiger partial charge >= 0.3 is 0 Å². The van der Waals surface area contributed by atoms with E-state index in [2.05, 4.69) is 19.8 Å². The summed E-state index contributed by atoms with van der Waals surface area (Å²) in [5.74, 6) is 2.52. The molecule has 0 spiro atoms. The van der Waals surface area contributed by atoms with Crippen LogP contribution in [0.3, 0.4) is 0 Å². The molecule has 4 fully saturated rings. The molecule has 1 aliphatic carbocycles. The first-order valence-corrected chi connectivity index (χ1v) is 8.33. The lowest BCUT2D eigenvalue weighted by atomic mass is 9.83. The molecule has 22 heavy (non-hydrogen) atoms. The summed E-state index contributed by atoms with van der Waals surface area (Å²) in [6.07, 6.45) is 7.51. The SMILES string of the molecule is Nc1cc(N2C[C@@H]3CC[C@H](C2)N(CC2CCC2)C3=O)ncn1. The Morgan fingerprint density at radius 1 is 1.18 bits per heavy atom. The Labute approximate surface area is 130 Å². The monoisotopic (exact) mass is 301 g/mol. The second-order valence-electron chi connectivity index (χ2n) is 6.92. The lowest BCUT2D eigenvalue weighted by Gasteiger charge is -2.40. The van der Waals surface area contributed by atoms with Crippen LogP contribution in [0.4, 0.5) is 11.6 Å². The predicted octanol–water partition coefficient (Wildman–Crippen LogP) is 1.29. The molecule has 1 amide bonds. The van der Waals surface area contributed by atoms with Crippen molar-refractivity contribution in [3.05, 3.63) is 12.4 Å². The van der Waals surface area contributed by atoms with Crippen molar-refractivity contribution < 1.29 is 4.79 Å². The minimum absolute atomic E-state index is 0.106. The first-order chi connectivity index (χ1) is 10.7. The van der Waals surface area contributed by atoms with E-state index in [9.17, 15) is 4.79 Å². The molecule has 0 radical (unpaired) electrons. The molecule has 1 saturated carbocycles. The third-order valence-corrected chi connectivity index (χ3v) is 5.47. The zero-order chi connectivity index (χ0) is 15.1. The number of anilines is 2. The summed E-state index contributed by atoms with van der Waals surface area (Å²) in [5, 5.41) is 0. The smallest absolute Gasteiger partial charge is 0.227 e. The second kappa shape index (κ2) is 5.41. The van der Waals surface area contributed by atoms with Crippen LogP contribution in [0.2, 0.25) is 0 Å². The van der Waals surface area contributed by atoms with Crippen LogP contribution in [0.15, 0.2) is 12.4 Å². The van der Waals surface area contributed by atoms with Gasteiger partial charge in [0.15, 0.2) is 0 Å². The van der Waals surface area contributed by atoms with Crippen molar-refractivity contribution in [3.63, 3.8) is 0 Å². The van der Waals surface area contributed by atoms with Gasteiger partial charge < -0.3 is 15.5 Å². The van der Waals surface area contributed by atoms with Crippen LogP contribution < -0.4 is 10.6 Å². The van der Waals surface area contributed by atoms with Gasteiger partial charge in [0.25, 0.3) is 0 Å². The van der Waals surface area contributed by atoms with Crippen LogP contribution in [0.1, 0.15) is 32.1 Å². The Balaban J connectivity index is 1.55. The number of rotatable bonds is 3. The van der Waals surface area contributed by atoms with Gasteiger partial charge in [-0.1, -0.05) is 6.42 Å². The quantitative estimate of drug-likeness (QED) is 0.910. The molecule has 2 atom stereocenters. The molecule has 6 nitrogen and oxygen atoms in total. The van der Waals surface area contributed by atoms with Crippen molar-refractivity contribution in [1.82, 2.24) is 14.9 Å². The van der Waals surface area contributed by atoms with E-state index in [4.69, 9.17) is 5.73 Å². The number of carbonyl (C=O) groups is 1. The molecule has 1 aromatic rings. The maximum Gasteiger partial charge on any atom is 0.227 e. The van der Waals surface area contributed by atoms with Crippen molar-refractivity contribution in [3.8, 4) is 0 Å². The van der Waals surface area contributed by atoms with E-state index in [1.807, 2.05) is 6.07 Å². The molecule has 4 aliphatic rings. The summed E-state index contributed by atoms with van der Waals surface area (Å²) < 4.78 is 0. The molecule has 6 heteroatoms. The van der Waals surface area contributed by atoms with E-state index in [1.54, 1.807) is 0 Å². The van der Waals surface area contributed by atoms with Gasteiger partial charge in [0, 0.05) is 31.7 Å². The van der Waals surface area contributed by atoms with E-state index < -0.39 is 0 Å². The summed E-state index contributed by atoms with van der Waals surface area (Å²) in [7, 11) is 0. The number of nitrogens with two attached hydrogens (primary N) is 1. The summed E-state index contributed by atoms with van der Waals surface area (Å²) in [5.41, 5.74) is 5.78. The molecule has 2 N–H and O–H groups in total. The highest BCUT2D eigenvalue weighted by Crippen LogP contribution is 2.34. The first kappa shape index (κ1) is 13.8. The van der Waals surface area contributed by atoms with Crippen LogP contribution in [-0.2, 0) is 4.79 Å². The molecule has 0 aromatic carbocycles. The van der Waals surface area contributed by atoms with Crippen molar-refractivity contribution in [2.24, 2.45) is 11.8 Å². The van der Waals surface area contributed by atoms with Crippen molar-refractivity contribution in [2.75, 3.05) is 30.3 Å². The summed E-state index contributed by atoms with van der Waals surface area (Å²) in [6.45, 7) is 2.58. The van der Waals surface area contributed by atoms with Gasteiger partial charge in [-0.25, -0.2) is 9.97 Å². The normalized spacial score (nSPS) is 28.6. The third kappa shape index (κ3) is 2.40. The first-order valence-electron chi connectivity index (χ1n) is 8.33. The van der Waals surface area contributed by atoms with Gasteiger partial charge in [0.1, 0.15) is 18.0 Å². The number of hydrogen-bond donors (Lipinski definition) is 1. The number of aromatic nitrogens is 2. The molecular formula is C16H23N5O. The Hall–Kier alpha value is -1.85. The zero-order valence-electron chi connectivity index (χ0n) is 12.8. The lowest BCUT2D eigenvalue weighted by molar-refractivity contribution is -0.141. The average molecular weight is 301 g/mol. The number of carbonyl (C=O) groups excluding carboxylic acids is 1. The van der Waals surface area contributed by atoms with Crippen LogP contribution in [0.5, 0.6) is 0 Å². The number of piperidine rings is 1. The predicted molar refractivity (Wildman–Crippen MR) is 84.2 cm³/mol. The fourth-order valence-electron chi connectivity index (χ4n) is 3.96. The molecule has 5 rings (SSSR count). The van der Waals surface area contributed by atoms with Crippen LogP contribution in [-0.4, -0.2) is 46.5 Å². The number of hydrogen-bond acceptors (Lipinski definition) is 5. The molecule has 0 unspecified atom stereocenters. The highest BCUT2D eigenvalue weighted by atomic mass is 16.2. The van der Waals surface area contributed by atoms with Crippen molar-refractivity contribution in [1.29, 1.82) is 0 Å². The number of nitrogen functional groups attached to an aromatic ring is 1. The fourth-order valence-corrected chi connectivity index (χ4v) is 3.96. The molecule has 1 aromatic heterocycles. The van der Waals surface area contributed by atoms with Gasteiger partial charge in [-0.15, -0.1) is 0 Å². The number of fused-ring (bicyclic) bond motifs is 4. The summed E-state index contributed by atoms with van der Waals surface area (Å²) in [4.78, 5) is 25.5. The highest BCUT2D eigenvalue weighted by molar-refractivity contribution is 5.81. The Kier molecular flexibility index (Phi) is 3.39. The molecule has 3 aliphatic heterocycles. The molecule has 2 bridgehead atoms. The van der Waals surface area contributed by atoms with E-state index in [0.29, 0.717) is 17.8 Å². The van der Waals surface area contributed by atoms with E-state index in [1.165, 1.54) is 25.6 Å². The zero-order valence-corrected chi connectivity index (χ0v) is 12.8. The maximum atomic E-state index is 12.8. The van der Waals surface area contributed by atoms with Crippen LogP contribution >= 0.6 is 0 Å². The van der Waals surface area contributed by atoms with Crippen LogP contribution in [0, 0.1) is 11.8 Å². The topological polar surface area (TPSA) is 75.3 Å². The molecular weight excluding hydrogens is 278 g/mol. The Morgan fingerprint density at radius 2 is 2.05 bits per heavy atom. The lowest BCUT2D eigenvalue weighted by Crippen LogP contribution is -2.50. The molecule has 4 heterocycles. The second-order valence-corrected chi connectivity index (χ2v) is 6.92.